The molecule has 0 amide bonds. The van der Waals surface area contributed by atoms with Crippen LogP contribution in [-0.2, 0) is 19.0 Å². The summed E-state index contributed by atoms with van der Waals surface area (Å²) in [5.74, 6) is 0.0616. The van der Waals surface area contributed by atoms with Crippen LogP contribution in [0.15, 0.2) is 37.6 Å². The Labute approximate surface area is 89.8 Å². The zero-order valence-corrected chi connectivity index (χ0v) is 8.74. The summed E-state index contributed by atoms with van der Waals surface area (Å²) in [6, 6.07) is 0. The Morgan fingerprint density at radius 3 is 2.13 bits per heavy atom. The lowest BCUT2D eigenvalue weighted by Gasteiger charge is -2.06. The molecule has 0 fully saturated rings. The van der Waals surface area contributed by atoms with Crippen molar-refractivity contribution < 1.29 is 19.0 Å². The van der Waals surface area contributed by atoms with Gasteiger partial charge in [0.2, 0.25) is 0 Å². The van der Waals surface area contributed by atoms with E-state index in [1.165, 1.54) is 6.08 Å². The Bertz CT molecular complexity index is 209. The van der Waals surface area contributed by atoms with Gasteiger partial charge in [-0.15, -0.1) is 0 Å². The first-order valence-electron chi connectivity index (χ1n) is 4.51. The van der Waals surface area contributed by atoms with Gasteiger partial charge >= 0.3 is 5.97 Å². The van der Waals surface area contributed by atoms with Crippen molar-refractivity contribution >= 4 is 5.97 Å². The fraction of sp³-hybridized carbons (Fsp3) is 0.364. The Kier molecular flexibility index (Phi) is 8.09. The quantitative estimate of drug-likeness (QED) is 0.191. The Morgan fingerprint density at radius 2 is 1.60 bits per heavy atom. The maximum Gasteiger partial charge on any atom is 0.330 e. The Hall–Kier alpha value is -1.55. The maximum atomic E-state index is 10.6. The number of carbonyl (C=O) groups excluding carboxylic acids is 1. The summed E-state index contributed by atoms with van der Waals surface area (Å²) < 4.78 is 14.9. The van der Waals surface area contributed by atoms with Gasteiger partial charge in [0.25, 0.3) is 0 Å². The summed E-state index contributed by atoms with van der Waals surface area (Å²) in [5, 5.41) is 0. The fourth-order valence-corrected chi connectivity index (χ4v) is 0.653. The molecule has 0 spiro atoms. The van der Waals surface area contributed by atoms with Crippen LogP contribution in [0.5, 0.6) is 0 Å². The van der Waals surface area contributed by atoms with Crippen LogP contribution in [0.25, 0.3) is 0 Å². The number of esters is 1. The van der Waals surface area contributed by atoms with Gasteiger partial charge in [-0.3, -0.25) is 0 Å². The van der Waals surface area contributed by atoms with Gasteiger partial charge < -0.3 is 14.2 Å². The summed E-state index contributed by atoms with van der Waals surface area (Å²) in [6.07, 6.45) is 2.63. The standard InChI is InChI=1S/C11H16O4/c1-4-10(3)14-8-6-13-7-9-15-11(12)5-2/h4-5H,1-3,6-9H2. The zero-order chi connectivity index (χ0) is 11.5. The lowest BCUT2D eigenvalue weighted by atomic mass is 10.5. The largest absolute Gasteiger partial charge is 0.492 e. The zero-order valence-electron chi connectivity index (χ0n) is 8.74. The van der Waals surface area contributed by atoms with E-state index in [0.717, 1.165) is 6.08 Å². The number of carbonyl (C=O) groups is 1. The lowest BCUT2D eigenvalue weighted by Crippen LogP contribution is -2.11. The van der Waals surface area contributed by atoms with Gasteiger partial charge in [0.1, 0.15) is 19.0 Å². The normalized spacial score (nSPS) is 9.07. The van der Waals surface area contributed by atoms with Crippen LogP contribution in [0.2, 0.25) is 0 Å². The summed E-state index contributed by atoms with van der Waals surface area (Å²) in [5.41, 5.74) is 0. The minimum absolute atomic E-state index is 0.216. The molecule has 4 nitrogen and oxygen atoms in total. The molecule has 0 aliphatic rings. The van der Waals surface area contributed by atoms with Gasteiger partial charge in [0, 0.05) is 6.08 Å². The van der Waals surface area contributed by atoms with E-state index in [9.17, 15) is 4.79 Å². The van der Waals surface area contributed by atoms with E-state index in [4.69, 9.17) is 9.47 Å². The number of allylic oxidation sites excluding steroid dienone is 1. The van der Waals surface area contributed by atoms with Gasteiger partial charge in [-0.25, -0.2) is 4.79 Å². The molecule has 0 aromatic heterocycles. The molecule has 84 valence electrons. The molecule has 0 aromatic rings. The van der Waals surface area contributed by atoms with Crippen molar-refractivity contribution in [3.8, 4) is 0 Å². The fourth-order valence-electron chi connectivity index (χ4n) is 0.653. The topological polar surface area (TPSA) is 44.8 Å². The molecule has 0 unspecified atom stereocenters. The smallest absolute Gasteiger partial charge is 0.330 e. The molecule has 0 aromatic carbocycles. The molecule has 4 heteroatoms. The van der Waals surface area contributed by atoms with Gasteiger partial charge in [-0.2, -0.15) is 0 Å². The molecule has 0 radical (unpaired) electrons. The highest BCUT2D eigenvalue weighted by Crippen LogP contribution is 1.92. The molecule has 0 saturated heterocycles. The second-order valence-electron chi connectivity index (χ2n) is 2.50. The molecular formula is C11H16O4. The van der Waals surface area contributed by atoms with Crippen LogP contribution in [0, 0.1) is 0 Å². The Morgan fingerprint density at radius 1 is 1.00 bits per heavy atom. The average Bonchev–Trinajstić information content (AvgIpc) is 2.26. The number of hydrogen-bond acceptors (Lipinski definition) is 4. The summed E-state index contributed by atoms with van der Waals surface area (Å²) in [6.45, 7) is 11.7. The third-order valence-electron chi connectivity index (χ3n) is 1.38. The molecule has 0 rings (SSSR count). The molecule has 0 atom stereocenters. The molecule has 0 aliphatic carbocycles. The van der Waals surface area contributed by atoms with Crippen LogP contribution in [0.4, 0.5) is 0 Å². The highest BCUT2D eigenvalue weighted by Gasteiger charge is 1.95. The highest BCUT2D eigenvalue weighted by atomic mass is 16.6. The summed E-state index contributed by atoms with van der Waals surface area (Å²) >= 11 is 0. The molecule has 0 saturated carbocycles. The maximum absolute atomic E-state index is 10.6. The molecule has 0 aliphatic heterocycles. The van der Waals surface area contributed by atoms with Crippen molar-refractivity contribution in [3.05, 3.63) is 37.6 Å². The lowest BCUT2D eigenvalue weighted by molar-refractivity contribution is -0.139. The van der Waals surface area contributed by atoms with E-state index in [1.54, 1.807) is 0 Å². The predicted molar refractivity (Wildman–Crippen MR) is 57.3 cm³/mol. The molecule has 0 N–H and O–H groups in total. The number of hydrogen-bond donors (Lipinski definition) is 0. The van der Waals surface area contributed by atoms with Crippen molar-refractivity contribution in [1.29, 1.82) is 0 Å². The minimum atomic E-state index is -0.449. The van der Waals surface area contributed by atoms with Crippen LogP contribution >= 0.6 is 0 Å². The third kappa shape index (κ3) is 8.77. The number of rotatable bonds is 9. The monoisotopic (exact) mass is 212 g/mol. The highest BCUT2D eigenvalue weighted by molar-refractivity contribution is 5.81. The van der Waals surface area contributed by atoms with E-state index >= 15 is 0 Å². The van der Waals surface area contributed by atoms with E-state index in [1.807, 2.05) is 0 Å². The first-order valence-corrected chi connectivity index (χ1v) is 4.51. The van der Waals surface area contributed by atoms with Gasteiger partial charge in [0.15, 0.2) is 0 Å². The van der Waals surface area contributed by atoms with Crippen molar-refractivity contribution in [2.75, 3.05) is 26.4 Å². The van der Waals surface area contributed by atoms with Crippen LogP contribution < -0.4 is 0 Å². The van der Waals surface area contributed by atoms with Gasteiger partial charge in [-0.1, -0.05) is 19.7 Å². The van der Waals surface area contributed by atoms with Crippen LogP contribution in [0.1, 0.15) is 0 Å². The van der Waals surface area contributed by atoms with Gasteiger partial charge in [-0.05, 0) is 6.08 Å². The SMILES string of the molecule is C=CC(=C)OCCOCCOC(=O)C=C. The first-order chi connectivity index (χ1) is 7.20. The number of ether oxygens (including phenoxy) is 3. The van der Waals surface area contributed by atoms with E-state index < -0.39 is 5.97 Å². The van der Waals surface area contributed by atoms with Crippen LogP contribution in [0.3, 0.4) is 0 Å². The molecule has 15 heavy (non-hydrogen) atoms. The average molecular weight is 212 g/mol. The molecule has 0 bridgehead atoms. The van der Waals surface area contributed by atoms with E-state index in [2.05, 4.69) is 24.5 Å². The predicted octanol–water partition coefficient (Wildman–Crippen LogP) is 1.45. The van der Waals surface area contributed by atoms with Crippen molar-refractivity contribution in [2.24, 2.45) is 0 Å². The second-order valence-corrected chi connectivity index (χ2v) is 2.50. The van der Waals surface area contributed by atoms with Crippen molar-refractivity contribution in [3.63, 3.8) is 0 Å². The summed E-state index contributed by atoms with van der Waals surface area (Å²) in [7, 11) is 0. The van der Waals surface area contributed by atoms with Crippen molar-refractivity contribution in [1.82, 2.24) is 0 Å². The first kappa shape index (κ1) is 13.4. The second kappa shape index (κ2) is 9.02. The Balaban J connectivity index is 3.18. The third-order valence-corrected chi connectivity index (χ3v) is 1.38. The van der Waals surface area contributed by atoms with Crippen molar-refractivity contribution in [2.45, 2.75) is 0 Å². The van der Waals surface area contributed by atoms with E-state index in [0.29, 0.717) is 25.6 Å². The molecule has 0 heterocycles. The van der Waals surface area contributed by atoms with Crippen LogP contribution in [-0.4, -0.2) is 32.4 Å². The minimum Gasteiger partial charge on any atom is -0.492 e. The molecular weight excluding hydrogens is 196 g/mol. The van der Waals surface area contributed by atoms with Gasteiger partial charge in [0.05, 0.1) is 13.2 Å². The van der Waals surface area contributed by atoms with E-state index in [-0.39, 0.29) is 6.61 Å². The summed E-state index contributed by atoms with van der Waals surface area (Å²) in [4.78, 5) is 10.6.